The molecule has 0 N–H and O–H groups in total. The number of ketones is 1. The van der Waals surface area contributed by atoms with E-state index in [9.17, 15) is 17.8 Å². The number of rotatable bonds is 5. The van der Waals surface area contributed by atoms with Gasteiger partial charge in [0.1, 0.15) is 6.10 Å². The Hall–Kier alpha value is 0.916. The molecule has 0 amide bonds. The van der Waals surface area contributed by atoms with E-state index < -0.39 is 22.3 Å². The van der Waals surface area contributed by atoms with Crippen LogP contribution in [-0.4, -0.2) is 24.9 Å². The van der Waals surface area contributed by atoms with Crippen LogP contribution in [0.1, 0.15) is 20.3 Å². The second-order valence-electron chi connectivity index (χ2n) is 2.55. The molecule has 0 radical (unpaired) electrons. The predicted octanol–water partition coefficient (Wildman–Crippen LogP) is -2.61. The molecule has 0 spiro atoms. The van der Waals surface area contributed by atoms with E-state index in [1.54, 1.807) is 0 Å². The van der Waals surface area contributed by atoms with E-state index in [0.29, 0.717) is 0 Å². The maximum Gasteiger partial charge on any atom is 1.00 e. The monoisotopic (exact) mass is 246 g/mol. The van der Waals surface area contributed by atoms with Gasteiger partial charge in [-0.05, 0) is 18.9 Å². The van der Waals surface area contributed by atoms with Crippen molar-refractivity contribution in [2.45, 2.75) is 26.4 Å². The molecule has 0 saturated carbocycles. The first kappa shape index (κ1) is 17.3. The normalized spacial score (nSPS) is 12.8. The molecule has 0 aromatic rings. The minimum atomic E-state index is -4.83. The van der Waals surface area contributed by atoms with Crippen LogP contribution in [0.2, 0.25) is 0 Å². The van der Waals surface area contributed by atoms with Gasteiger partial charge in [-0.1, -0.05) is 13.5 Å². The van der Waals surface area contributed by atoms with Crippen molar-refractivity contribution in [3.8, 4) is 0 Å². The fraction of sp³-hybridized carbons (Fsp3) is 0.571. The maximum atomic E-state index is 11.1. The van der Waals surface area contributed by atoms with Crippen molar-refractivity contribution in [1.29, 1.82) is 0 Å². The zero-order valence-electron chi connectivity index (χ0n) is 8.44. The number of hydrogen-bond donors (Lipinski definition) is 0. The summed E-state index contributed by atoms with van der Waals surface area (Å²) in [5, 5.41) is 0. The fourth-order valence-corrected chi connectivity index (χ4v) is 1.22. The Bertz CT molecular complexity index is 308. The van der Waals surface area contributed by atoms with Crippen LogP contribution < -0.4 is 51.4 Å². The number of Topliss-reactive ketones (excluding diaryl/α,β-unsaturated/α-hetero) is 1. The SMILES string of the molecule is C=C(C)C(=O)C(CC)OS(=O)(=O)[O-].[K+]. The van der Waals surface area contributed by atoms with Gasteiger partial charge in [0, 0.05) is 0 Å². The van der Waals surface area contributed by atoms with Crippen molar-refractivity contribution < 1.29 is 73.3 Å². The predicted molar refractivity (Wildman–Crippen MR) is 44.7 cm³/mol. The molecule has 0 aliphatic heterocycles. The third-order valence-corrected chi connectivity index (χ3v) is 1.79. The van der Waals surface area contributed by atoms with E-state index in [0.717, 1.165) is 0 Å². The molecule has 0 aromatic carbocycles. The first-order valence-corrected chi connectivity index (χ1v) is 4.95. The zero-order chi connectivity index (χ0) is 10.6. The van der Waals surface area contributed by atoms with Crippen molar-refractivity contribution in [1.82, 2.24) is 0 Å². The second kappa shape index (κ2) is 7.23. The zero-order valence-corrected chi connectivity index (χ0v) is 12.4. The van der Waals surface area contributed by atoms with Gasteiger partial charge in [0.2, 0.25) is 10.4 Å². The van der Waals surface area contributed by atoms with E-state index in [1.165, 1.54) is 13.8 Å². The van der Waals surface area contributed by atoms with Crippen molar-refractivity contribution in [2.75, 3.05) is 0 Å². The molecule has 7 heteroatoms. The van der Waals surface area contributed by atoms with Gasteiger partial charge < -0.3 is 4.55 Å². The summed E-state index contributed by atoms with van der Waals surface area (Å²) >= 11 is 0. The quantitative estimate of drug-likeness (QED) is 0.230. The average molecular weight is 246 g/mol. The standard InChI is InChI=1S/C7H12O5S.K/c1-4-6(7(8)5(2)3)12-13(9,10)11;/h6H,2,4H2,1,3H3,(H,9,10,11);/q;+1/p-1. The summed E-state index contributed by atoms with van der Waals surface area (Å²) in [5.41, 5.74) is 0.163. The minimum absolute atomic E-state index is 0. The van der Waals surface area contributed by atoms with Crippen LogP contribution in [0.25, 0.3) is 0 Å². The topological polar surface area (TPSA) is 83.5 Å². The second-order valence-corrected chi connectivity index (χ2v) is 3.55. The van der Waals surface area contributed by atoms with Gasteiger partial charge in [0.15, 0.2) is 5.78 Å². The third kappa shape index (κ3) is 7.24. The Morgan fingerprint density at radius 3 is 2.21 bits per heavy atom. The van der Waals surface area contributed by atoms with Crippen LogP contribution in [0.4, 0.5) is 0 Å². The molecule has 0 aliphatic rings. The molecule has 1 unspecified atom stereocenters. The van der Waals surface area contributed by atoms with E-state index >= 15 is 0 Å². The van der Waals surface area contributed by atoms with Gasteiger partial charge in [-0.25, -0.2) is 8.42 Å². The summed E-state index contributed by atoms with van der Waals surface area (Å²) in [6.45, 7) is 6.29. The van der Waals surface area contributed by atoms with Gasteiger partial charge in [-0.3, -0.25) is 8.98 Å². The Morgan fingerprint density at radius 1 is 1.57 bits per heavy atom. The van der Waals surface area contributed by atoms with Crippen LogP contribution in [0, 0.1) is 0 Å². The largest absolute Gasteiger partial charge is 1.00 e. The van der Waals surface area contributed by atoms with Crippen molar-refractivity contribution in [2.24, 2.45) is 0 Å². The Balaban J connectivity index is 0. The van der Waals surface area contributed by atoms with Gasteiger partial charge in [-0.15, -0.1) is 0 Å². The van der Waals surface area contributed by atoms with E-state index in [-0.39, 0.29) is 63.4 Å². The summed E-state index contributed by atoms with van der Waals surface area (Å²) < 4.78 is 34.5. The molecule has 1 atom stereocenters. The Kier molecular flexibility index (Phi) is 8.95. The van der Waals surface area contributed by atoms with E-state index in [1.807, 2.05) is 0 Å². The van der Waals surface area contributed by atoms with Gasteiger partial charge in [-0.2, -0.15) is 0 Å². The van der Waals surface area contributed by atoms with Crippen LogP contribution in [0.5, 0.6) is 0 Å². The summed E-state index contributed by atoms with van der Waals surface area (Å²) in [7, 11) is -4.83. The first-order valence-electron chi connectivity index (χ1n) is 3.61. The molecule has 0 fully saturated rings. The molecule has 0 saturated heterocycles. The average Bonchev–Trinajstić information content (AvgIpc) is 1.97. The molecule has 5 nitrogen and oxygen atoms in total. The Morgan fingerprint density at radius 2 is 2.00 bits per heavy atom. The van der Waals surface area contributed by atoms with Crippen molar-refractivity contribution >= 4 is 16.2 Å². The molecule has 0 aromatic heterocycles. The molecule has 0 heterocycles. The Labute approximate surface area is 126 Å². The van der Waals surface area contributed by atoms with Crippen LogP contribution in [-0.2, 0) is 19.4 Å². The smallest absolute Gasteiger partial charge is 0.726 e. The van der Waals surface area contributed by atoms with E-state index in [4.69, 9.17) is 0 Å². The molecule has 0 rings (SSSR count). The first-order chi connectivity index (χ1) is 5.78. The number of carbonyl (C=O) groups excluding carboxylic acids is 1. The van der Waals surface area contributed by atoms with Gasteiger partial charge in [0.25, 0.3) is 0 Å². The van der Waals surface area contributed by atoms with Gasteiger partial charge in [0.05, 0.1) is 0 Å². The minimum Gasteiger partial charge on any atom is -0.726 e. The summed E-state index contributed by atoms with van der Waals surface area (Å²) in [6.07, 6.45) is -1.12. The summed E-state index contributed by atoms with van der Waals surface area (Å²) in [6, 6.07) is 0. The molecular formula is C7H11KO5S. The maximum absolute atomic E-state index is 11.1. The van der Waals surface area contributed by atoms with Crippen molar-refractivity contribution in [3.05, 3.63) is 12.2 Å². The number of carbonyl (C=O) groups is 1. The van der Waals surface area contributed by atoms with Crippen LogP contribution >= 0.6 is 0 Å². The molecule has 0 bridgehead atoms. The molecule has 76 valence electrons. The summed E-state index contributed by atoms with van der Waals surface area (Å²) in [4.78, 5) is 11.1. The summed E-state index contributed by atoms with van der Waals surface area (Å²) in [5.74, 6) is -0.568. The fourth-order valence-electron chi connectivity index (χ4n) is 0.714. The molecular weight excluding hydrogens is 235 g/mol. The molecule has 0 aliphatic carbocycles. The third-order valence-electron chi connectivity index (χ3n) is 1.32. The van der Waals surface area contributed by atoms with Crippen molar-refractivity contribution in [3.63, 3.8) is 0 Å². The van der Waals surface area contributed by atoms with Crippen LogP contribution in [0.3, 0.4) is 0 Å². The number of hydrogen-bond acceptors (Lipinski definition) is 5. The van der Waals surface area contributed by atoms with Crippen LogP contribution in [0.15, 0.2) is 12.2 Å². The molecule has 14 heavy (non-hydrogen) atoms. The van der Waals surface area contributed by atoms with E-state index in [2.05, 4.69) is 10.8 Å². The van der Waals surface area contributed by atoms with Gasteiger partial charge >= 0.3 is 51.4 Å².